The molecule has 0 spiro atoms. The molecular formula is C12H13F2NO. The monoisotopic (exact) mass is 225 g/mol. The van der Waals surface area contributed by atoms with Crippen LogP contribution in [0.4, 0.5) is 8.78 Å². The zero-order valence-corrected chi connectivity index (χ0v) is 9.04. The van der Waals surface area contributed by atoms with E-state index in [1.54, 1.807) is 6.07 Å². The molecule has 0 N–H and O–H groups in total. The molecule has 86 valence electrons. The topological polar surface area (TPSA) is 20.3 Å². The molecule has 0 saturated carbocycles. The van der Waals surface area contributed by atoms with Crippen molar-refractivity contribution in [3.8, 4) is 0 Å². The third-order valence-electron chi connectivity index (χ3n) is 3.02. The standard InChI is InChI=1S/C12H13F2NO/c1-9(16)15-7-6-12(14,8-15)10-4-2-3-5-11(10)13/h2-5H,6-8H2,1H3. The molecule has 1 aliphatic rings. The maximum atomic E-state index is 14.5. The largest absolute Gasteiger partial charge is 0.339 e. The van der Waals surface area contributed by atoms with Crippen molar-refractivity contribution >= 4 is 5.91 Å². The minimum absolute atomic E-state index is 0.0523. The van der Waals surface area contributed by atoms with Crippen LogP contribution in [0.3, 0.4) is 0 Å². The summed E-state index contributed by atoms with van der Waals surface area (Å²) in [5.41, 5.74) is -1.68. The second kappa shape index (κ2) is 3.85. The summed E-state index contributed by atoms with van der Waals surface area (Å²) in [6.45, 7) is 1.69. The van der Waals surface area contributed by atoms with Gasteiger partial charge in [-0.25, -0.2) is 8.78 Å². The van der Waals surface area contributed by atoms with Gasteiger partial charge in [0.2, 0.25) is 5.91 Å². The summed E-state index contributed by atoms with van der Waals surface area (Å²) in [6, 6.07) is 5.82. The van der Waals surface area contributed by atoms with Crippen molar-refractivity contribution in [2.75, 3.05) is 13.1 Å². The molecule has 1 atom stereocenters. The highest BCUT2D eigenvalue weighted by Crippen LogP contribution is 2.37. The minimum Gasteiger partial charge on any atom is -0.339 e. The van der Waals surface area contributed by atoms with E-state index in [9.17, 15) is 13.6 Å². The first-order valence-corrected chi connectivity index (χ1v) is 5.22. The van der Waals surface area contributed by atoms with Crippen LogP contribution in [0.15, 0.2) is 24.3 Å². The Hall–Kier alpha value is -1.45. The van der Waals surface area contributed by atoms with E-state index in [0.717, 1.165) is 0 Å². The number of hydrogen-bond acceptors (Lipinski definition) is 1. The normalized spacial score (nSPS) is 24.8. The van der Waals surface area contributed by atoms with Crippen LogP contribution in [0, 0.1) is 5.82 Å². The molecular weight excluding hydrogens is 212 g/mol. The van der Waals surface area contributed by atoms with Crippen molar-refractivity contribution in [1.29, 1.82) is 0 Å². The van der Waals surface area contributed by atoms with Gasteiger partial charge in [-0.05, 0) is 6.07 Å². The molecule has 0 bridgehead atoms. The molecule has 1 unspecified atom stereocenters. The lowest BCUT2D eigenvalue weighted by Gasteiger charge is -2.21. The van der Waals surface area contributed by atoms with Gasteiger partial charge in [0.15, 0.2) is 5.67 Å². The fourth-order valence-electron chi connectivity index (χ4n) is 2.09. The molecule has 0 aromatic heterocycles. The molecule has 16 heavy (non-hydrogen) atoms. The maximum absolute atomic E-state index is 14.5. The van der Waals surface area contributed by atoms with E-state index < -0.39 is 11.5 Å². The van der Waals surface area contributed by atoms with E-state index in [4.69, 9.17) is 0 Å². The van der Waals surface area contributed by atoms with Crippen LogP contribution in [-0.2, 0) is 10.5 Å². The average Bonchev–Trinajstić information content (AvgIpc) is 2.63. The highest BCUT2D eigenvalue weighted by Gasteiger charge is 2.42. The van der Waals surface area contributed by atoms with E-state index in [2.05, 4.69) is 0 Å². The van der Waals surface area contributed by atoms with E-state index in [-0.39, 0.29) is 24.4 Å². The lowest BCUT2D eigenvalue weighted by molar-refractivity contribution is -0.128. The minimum atomic E-state index is -1.74. The summed E-state index contributed by atoms with van der Waals surface area (Å²) in [6.07, 6.45) is 0.160. The fraction of sp³-hybridized carbons (Fsp3) is 0.417. The molecule has 2 nitrogen and oxygen atoms in total. The summed E-state index contributed by atoms with van der Waals surface area (Å²) in [4.78, 5) is 12.5. The second-order valence-corrected chi connectivity index (χ2v) is 4.14. The molecule has 0 radical (unpaired) electrons. The number of nitrogens with zero attached hydrogens (tertiary/aromatic N) is 1. The summed E-state index contributed by atoms with van der Waals surface area (Å²) in [5, 5.41) is 0. The van der Waals surface area contributed by atoms with Gasteiger partial charge in [-0.15, -0.1) is 0 Å². The number of rotatable bonds is 1. The van der Waals surface area contributed by atoms with Gasteiger partial charge in [-0.2, -0.15) is 0 Å². The first-order chi connectivity index (χ1) is 7.53. The lowest BCUT2D eigenvalue weighted by atomic mass is 9.94. The van der Waals surface area contributed by atoms with Gasteiger partial charge in [0.05, 0.1) is 6.54 Å². The Morgan fingerprint density at radius 1 is 1.44 bits per heavy atom. The molecule has 2 rings (SSSR count). The molecule has 1 heterocycles. The van der Waals surface area contributed by atoms with Crippen molar-refractivity contribution in [3.63, 3.8) is 0 Å². The number of likely N-dealkylation sites (tertiary alicyclic amines) is 1. The predicted molar refractivity (Wildman–Crippen MR) is 56.1 cm³/mol. The number of hydrogen-bond donors (Lipinski definition) is 0. The Morgan fingerprint density at radius 2 is 2.12 bits per heavy atom. The van der Waals surface area contributed by atoms with Crippen molar-refractivity contribution < 1.29 is 13.6 Å². The maximum Gasteiger partial charge on any atom is 0.219 e. The number of alkyl halides is 1. The van der Waals surface area contributed by atoms with Crippen LogP contribution in [-0.4, -0.2) is 23.9 Å². The quantitative estimate of drug-likeness (QED) is 0.717. The predicted octanol–water partition coefficient (Wildman–Crippen LogP) is 2.24. The Bertz CT molecular complexity index is 421. The Labute approximate surface area is 92.9 Å². The van der Waals surface area contributed by atoms with E-state index in [1.165, 1.54) is 30.0 Å². The summed E-state index contributed by atoms with van der Waals surface area (Å²) < 4.78 is 28.0. The number of amides is 1. The molecule has 1 amide bonds. The zero-order chi connectivity index (χ0) is 11.8. The molecule has 1 aliphatic heterocycles. The second-order valence-electron chi connectivity index (χ2n) is 4.14. The van der Waals surface area contributed by atoms with Crippen molar-refractivity contribution in [2.45, 2.75) is 19.0 Å². The number of benzene rings is 1. The van der Waals surface area contributed by atoms with Gasteiger partial charge in [-0.1, -0.05) is 18.2 Å². The first-order valence-electron chi connectivity index (χ1n) is 5.22. The summed E-state index contributed by atoms with van der Waals surface area (Å²) in [7, 11) is 0. The SMILES string of the molecule is CC(=O)N1CCC(F)(c2ccccc2F)C1. The van der Waals surface area contributed by atoms with Crippen LogP contribution in [0.25, 0.3) is 0 Å². The molecule has 1 aromatic rings. The number of halogens is 2. The third kappa shape index (κ3) is 1.79. The van der Waals surface area contributed by atoms with Crippen molar-refractivity contribution in [3.05, 3.63) is 35.6 Å². The first kappa shape index (κ1) is 11.0. The zero-order valence-electron chi connectivity index (χ0n) is 9.04. The van der Waals surface area contributed by atoms with Crippen LogP contribution in [0.5, 0.6) is 0 Å². The van der Waals surface area contributed by atoms with Crippen molar-refractivity contribution in [2.24, 2.45) is 0 Å². The lowest BCUT2D eigenvalue weighted by Crippen LogP contribution is -2.30. The molecule has 4 heteroatoms. The summed E-state index contributed by atoms with van der Waals surface area (Å²) >= 11 is 0. The fourth-order valence-corrected chi connectivity index (χ4v) is 2.09. The highest BCUT2D eigenvalue weighted by atomic mass is 19.1. The van der Waals surface area contributed by atoms with Gasteiger partial charge in [0.1, 0.15) is 5.82 Å². The van der Waals surface area contributed by atoms with Crippen LogP contribution in [0.1, 0.15) is 18.9 Å². The molecule has 1 aromatic carbocycles. The molecule has 1 saturated heterocycles. The van der Waals surface area contributed by atoms with E-state index >= 15 is 0 Å². The molecule has 0 aliphatic carbocycles. The Kier molecular flexibility index (Phi) is 2.66. The molecule has 1 fully saturated rings. The average molecular weight is 225 g/mol. The van der Waals surface area contributed by atoms with Gasteiger partial charge in [0.25, 0.3) is 0 Å². The van der Waals surface area contributed by atoms with Crippen LogP contribution in [0.2, 0.25) is 0 Å². The van der Waals surface area contributed by atoms with Crippen LogP contribution < -0.4 is 0 Å². The van der Waals surface area contributed by atoms with Crippen molar-refractivity contribution in [1.82, 2.24) is 4.90 Å². The Balaban J connectivity index is 2.28. The summed E-state index contributed by atoms with van der Waals surface area (Å²) in [5.74, 6) is -0.716. The number of carbonyl (C=O) groups excluding carboxylic acids is 1. The van der Waals surface area contributed by atoms with Gasteiger partial charge < -0.3 is 4.90 Å². The van der Waals surface area contributed by atoms with Crippen LogP contribution >= 0.6 is 0 Å². The smallest absolute Gasteiger partial charge is 0.219 e. The van der Waals surface area contributed by atoms with Gasteiger partial charge in [-0.3, -0.25) is 4.79 Å². The Morgan fingerprint density at radius 3 is 2.69 bits per heavy atom. The van der Waals surface area contributed by atoms with E-state index in [1.807, 2.05) is 0 Å². The highest BCUT2D eigenvalue weighted by molar-refractivity contribution is 5.73. The number of carbonyl (C=O) groups is 1. The third-order valence-corrected chi connectivity index (χ3v) is 3.02. The van der Waals surface area contributed by atoms with E-state index in [0.29, 0.717) is 6.54 Å². The van der Waals surface area contributed by atoms with Gasteiger partial charge >= 0.3 is 0 Å². The van der Waals surface area contributed by atoms with Gasteiger partial charge in [0, 0.05) is 25.5 Å².